The van der Waals surface area contributed by atoms with Gasteiger partial charge in [0.15, 0.2) is 6.23 Å². The smallest absolute Gasteiger partial charge is 0.459 e. The number of carbonyl (C=O) groups excluding carboxylic acids is 1. The van der Waals surface area contributed by atoms with E-state index in [1.165, 1.54) is 26.3 Å². The second-order valence-electron chi connectivity index (χ2n) is 9.53. The molecule has 1 saturated heterocycles. The third kappa shape index (κ3) is 7.31. The fraction of sp³-hybridized carbons (Fsp3) is 0.444. The lowest BCUT2D eigenvalue weighted by Gasteiger charge is -2.25. The number of carbonyl (C=O) groups is 1. The number of aliphatic hydroxyl groups is 1. The number of aliphatic hydroxyl groups excluding tert-OH is 1. The van der Waals surface area contributed by atoms with Crippen LogP contribution in [0.3, 0.4) is 0 Å². The first-order valence-corrected chi connectivity index (χ1v) is 14.8. The second kappa shape index (κ2) is 13.6. The van der Waals surface area contributed by atoms with Gasteiger partial charge in [0.25, 0.3) is 0 Å². The second-order valence-corrected chi connectivity index (χ2v) is 11.2. The van der Waals surface area contributed by atoms with E-state index in [0.29, 0.717) is 11.8 Å². The van der Waals surface area contributed by atoms with Crippen molar-refractivity contribution >= 4 is 30.3 Å². The molecule has 0 spiro atoms. The Bertz CT molecular complexity index is 1450. The van der Waals surface area contributed by atoms with Crippen LogP contribution in [-0.4, -0.2) is 65.3 Å². The molecule has 0 saturated carbocycles. The summed E-state index contributed by atoms with van der Waals surface area (Å²) in [7, 11) is -2.94. The maximum absolute atomic E-state index is 14.1. The van der Waals surface area contributed by atoms with E-state index in [9.17, 15) is 19.3 Å². The number of ether oxygens (including phenoxy) is 3. The summed E-state index contributed by atoms with van der Waals surface area (Å²) in [4.78, 5) is 28.7. The molecule has 0 radical (unpaired) electrons. The van der Waals surface area contributed by atoms with Crippen LogP contribution in [-0.2, 0) is 28.1 Å². The number of fused-ring (bicyclic) bond motifs is 1. The Labute approximate surface area is 237 Å². The van der Waals surface area contributed by atoms with Gasteiger partial charge in [0.05, 0.1) is 13.2 Å². The summed E-state index contributed by atoms with van der Waals surface area (Å²) in [6, 6.07) is 12.9. The van der Waals surface area contributed by atoms with Crippen LogP contribution in [0.15, 0.2) is 59.5 Å². The van der Waals surface area contributed by atoms with E-state index in [4.69, 9.17) is 29.0 Å². The highest BCUT2D eigenvalue weighted by Gasteiger charge is 2.47. The average Bonchev–Trinajstić information content (AvgIpc) is 3.26. The minimum absolute atomic E-state index is 0.0265. The van der Waals surface area contributed by atoms with Crippen LogP contribution in [0.1, 0.15) is 32.9 Å². The zero-order valence-electron chi connectivity index (χ0n) is 23.0. The van der Waals surface area contributed by atoms with Crippen LogP contribution in [0.4, 0.5) is 5.82 Å². The Morgan fingerprint density at radius 3 is 2.73 bits per heavy atom. The van der Waals surface area contributed by atoms with Crippen LogP contribution in [0, 0.1) is 0 Å². The predicted octanol–water partition coefficient (Wildman–Crippen LogP) is 2.78. The van der Waals surface area contributed by atoms with E-state index in [-0.39, 0.29) is 18.2 Å². The highest BCUT2D eigenvalue weighted by molar-refractivity contribution is 7.52. The summed E-state index contributed by atoms with van der Waals surface area (Å²) in [5.41, 5.74) is 4.88. The third-order valence-electron chi connectivity index (χ3n) is 6.54. The van der Waals surface area contributed by atoms with Gasteiger partial charge >= 0.3 is 19.4 Å². The molecule has 1 aliphatic rings. The van der Waals surface area contributed by atoms with Crippen molar-refractivity contribution in [3.8, 4) is 5.75 Å². The number of benzene rings is 2. The van der Waals surface area contributed by atoms with Gasteiger partial charge in [0, 0.05) is 18.7 Å². The van der Waals surface area contributed by atoms with E-state index in [0.717, 1.165) is 16.4 Å². The zero-order chi connectivity index (χ0) is 29.6. The summed E-state index contributed by atoms with van der Waals surface area (Å²) in [6.45, 7) is 3.22. The number of esters is 1. The fourth-order valence-corrected chi connectivity index (χ4v) is 5.87. The van der Waals surface area contributed by atoms with E-state index < -0.39 is 56.6 Å². The standard InChI is InChI=1S/C27H35N4O9P/c1-4-5-15-37-26(33)17(2)30-41(35,40-20-12-8-10-18-9-6-7-11-19(18)20)38-16-21-23(32)24(36-3)25(39-21)31-14-13-22(28)29-27(31)34/h6-14,17,21,23-25,32H,4-5,15-16H2,1-3H3,(H,30,35)(H2,28,29,34)/t17-,21+,23?,24?,25+,41?/m0/s1. The van der Waals surface area contributed by atoms with Gasteiger partial charge < -0.3 is 29.6 Å². The molecule has 1 aromatic heterocycles. The molecule has 2 heterocycles. The lowest BCUT2D eigenvalue weighted by atomic mass is 10.1. The summed E-state index contributed by atoms with van der Waals surface area (Å²) in [5, 5.41) is 15.1. The first kappa shape index (κ1) is 30.6. The van der Waals surface area contributed by atoms with E-state index in [1.807, 2.05) is 31.2 Å². The first-order valence-electron chi connectivity index (χ1n) is 13.2. The molecule has 0 amide bonds. The van der Waals surface area contributed by atoms with Crippen molar-refractivity contribution in [1.29, 1.82) is 0 Å². The van der Waals surface area contributed by atoms with Gasteiger partial charge in [-0.1, -0.05) is 49.7 Å². The van der Waals surface area contributed by atoms with Crippen molar-refractivity contribution in [2.45, 2.75) is 57.3 Å². The Kier molecular flexibility index (Phi) is 10.1. The van der Waals surface area contributed by atoms with Crippen molar-refractivity contribution in [2.24, 2.45) is 0 Å². The molecule has 4 N–H and O–H groups in total. The zero-order valence-corrected chi connectivity index (χ0v) is 23.9. The monoisotopic (exact) mass is 590 g/mol. The molecule has 0 bridgehead atoms. The Hall–Kier alpha value is -3.32. The number of nitrogen functional groups attached to an aromatic ring is 1. The summed E-state index contributed by atoms with van der Waals surface area (Å²) < 4.78 is 43.5. The molecule has 1 aliphatic heterocycles. The number of nitrogens with zero attached hydrogens (tertiary/aromatic N) is 2. The number of rotatable bonds is 13. The lowest BCUT2D eigenvalue weighted by molar-refractivity contribution is -0.145. The fourth-order valence-electron chi connectivity index (χ4n) is 4.35. The molecule has 3 aromatic rings. The molecule has 3 unspecified atom stereocenters. The summed E-state index contributed by atoms with van der Waals surface area (Å²) in [5.74, 6) is -0.347. The van der Waals surface area contributed by atoms with Gasteiger partial charge in [-0.2, -0.15) is 10.1 Å². The van der Waals surface area contributed by atoms with Crippen molar-refractivity contribution in [3.05, 3.63) is 65.2 Å². The number of anilines is 1. The number of aromatic nitrogens is 2. The summed E-state index contributed by atoms with van der Waals surface area (Å²) in [6.07, 6.45) is -1.52. The van der Waals surface area contributed by atoms with Gasteiger partial charge in [0.1, 0.15) is 35.9 Å². The van der Waals surface area contributed by atoms with Crippen molar-refractivity contribution in [3.63, 3.8) is 0 Å². The summed E-state index contributed by atoms with van der Waals surface area (Å²) >= 11 is 0. The van der Waals surface area contributed by atoms with Crippen molar-refractivity contribution in [1.82, 2.24) is 14.6 Å². The van der Waals surface area contributed by atoms with Gasteiger partial charge in [-0.25, -0.2) is 9.36 Å². The van der Waals surface area contributed by atoms with E-state index in [1.54, 1.807) is 18.2 Å². The SMILES string of the molecule is CCCCOC(=O)[C@H](C)NP(=O)(OC[C@H]1O[C@@H](n2ccc(N)nc2=O)C(OC)C1O)Oc1cccc2ccccc12. The number of nitrogens with one attached hydrogen (secondary N) is 1. The Morgan fingerprint density at radius 2 is 2.00 bits per heavy atom. The van der Waals surface area contributed by atoms with E-state index >= 15 is 0 Å². The topological polar surface area (TPSA) is 173 Å². The maximum atomic E-state index is 14.1. The molecule has 2 aromatic carbocycles. The Balaban J connectivity index is 1.56. The molecular weight excluding hydrogens is 555 g/mol. The number of hydrogen-bond acceptors (Lipinski definition) is 11. The molecular formula is C27H35N4O9P. The number of nitrogens with two attached hydrogens (primary N) is 1. The minimum atomic E-state index is -4.29. The maximum Gasteiger partial charge on any atom is 0.459 e. The normalized spacial score (nSPS) is 22.7. The van der Waals surface area contributed by atoms with E-state index in [2.05, 4.69) is 10.1 Å². The molecule has 4 rings (SSSR count). The van der Waals surface area contributed by atoms with Crippen LogP contribution in [0.25, 0.3) is 10.8 Å². The van der Waals surface area contributed by atoms with Crippen molar-refractivity contribution in [2.75, 3.05) is 26.1 Å². The molecule has 13 nitrogen and oxygen atoms in total. The molecule has 6 atom stereocenters. The number of methoxy groups -OCH3 is 1. The minimum Gasteiger partial charge on any atom is -0.465 e. The molecule has 41 heavy (non-hydrogen) atoms. The molecule has 222 valence electrons. The largest absolute Gasteiger partial charge is 0.465 e. The molecule has 14 heteroatoms. The lowest BCUT2D eigenvalue weighted by Crippen LogP contribution is -2.38. The highest BCUT2D eigenvalue weighted by atomic mass is 31.2. The molecule has 0 aliphatic carbocycles. The van der Waals surface area contributed by atoms with Crippen LogP contribution < -0.4 is 21.0 Å². The van der Waals surface area contributed by atoms with Crippen LogP contribution in [0.2, 0.25) is 0 Å². The van der Waals surface area contributed by atoms with Gasteiger partial charge in [-0.15, -0.1) is 0 Å². The number of unbranched alkanes of at least 4 members (excludes halogenated alkanes) is 1. The van der Waals surface area contributed by atoms with Crippen LogP contribution >= 0.6 is 7.75 Å². The average molecular weight is 591 g/mol. The Morgan fingerprint density at radius 1 is 1.24 bits per heavy atom. The van der Waals surface area contributed by atoms with Gasteiger partial charge in [0.2, 0.25) is 0 Å². The van der Waals surface area contributed by atoms with Crippen LogP contribution in [0.5, 0.6) is 5.75 Å². The van der Waals surface area contributed by atoms with Gasteiger partial charge in [-0.3, -0.25) is 13.9 Å². The molecule has 1 fully saturated rings. The van der Waals surface area contributed by atoms with Gasteiger partial charge in [-0.05, 0) is 30.9 Å². The predicted molar refractivity (Wildman–Crippen MR) is 150 cm³/mol. The first-order chi connectivity index (χ1) is 19.7. The quantitative estimate of drug-likeness (QED) is 0.151. The van der Waals surface area contributed by atoms with Crippen molar-refractivity contribution < 1.29 is 37.7 Å². The number of hydrogen-bond donors (Lipinski definition) is 3. The third-order valence-corrected chi connectivity index (χ3v) is 8.16. The highest BCUT2D eigenvalue weighted by Crippen LogP contribution is 2.47.